The van der Waals surface area contributed by atoms with Crippen molar-refractivity contribution in [1.82, 2.24) is 19.6 Å². The zero-order valence-electron chi connectivity index (χ0n) is 15.4. The van der Waals surface area contributed by atoms with Gasteiger partial charge < -0.3 is 15.8 Å². The maximum absolute atomic E-state index is 12.5. The third kappa shape index (κ3) is 3.96. The summed E-state index contributed by atoms with van der Waals surface area (Å²) in [5.74, 6) is 0.314. The van der Waals surface area contributed by atoms with E-state index in [4.69, 9.17) is 22.1 Å². The lowest BCUT2D eigenvalue weighted by Gasteiger charge is -2.14. The lowest BCUT2D eigenvalue weighted by molar-refractivity contribution is 0.102. The number of carbonyl (C=O) groups is 1. The summed E-state index contributed by atoms with van der Waals surface area (Å²) < 4.78 is 9.04. The first-order valence-electron chi connectivity index (χ1n) is 8.37. The van der Waals surface area contributed by atoms with Gasteiger partial charge in [-0.15, -0.1) is 0 Å². The van der Waals surface area contributed by atoms with Gasteiger partial charge in [-0.25, -0.2) is 0 Å². The van der Waals surface area contributed by atoms with Crippen LogP contribution in [0.3, 0.4) is 0 Å². The van der Waals surface area contributed by atoms with E-state index in [0.29, 0.717) is 46.6 Å². The molecule has 1 amide bonds. The molecule has 0 unspecified atom stereocenters. The van der Waals surface area contributed by atoms with Crippen molar-refractivity contribution in [1.29, 1.82) is 0 Å². The zero-order chi connectivity index (χ0) is 19.6. The number of rotatable bonds is 6. The fourth-order valence-corrected chi connectivity index (χ4v) is 2.94. The van der Waals surface area contributed by atoms with Crippen LogP contribution < -0.4 is 15.8 Å². The number of nitrogens with zero attached hydrogens (tertiary/aromatic N) is 4. The molecule has 0 spiro atoms. The molecule has 9 heteroatoms. The monoisotopic (exact) mass is 388 g/mol. The quantitative estimate of drug-likeness (QED) is 0.675. The van der Waals surface area contributed by atoms with Gasteiger partial charge in [0, 0.05) is 37.6 Å². The van der Waals surface area contributed by atoms with E-state index in [-0.39, 0.29) is 5.91 Å². The molecule has 2 aromatic heterocycles. The average molecular weight is 389 g/mol. The number of ether oxygens (including phenoxy) is 1. The first kappa shape index (κ1) is 18.9. The van der Waals surface area contributed by atoms with Gasteiger partial charge in [0.2, 0.25) is 0 Å². The normalized spacial score (nSPS) is 10.9. The SMILES string of the molecule is Cc1cc(C(=O)Nc2ccc(OCCN)c(-c3c(Cl)cnn3C)c2)nn1C. The smallest absolute Gasteiger partial charge is 0.276 e. The van der Waals surface area contributed by atoms with Gasteiger partial charge in [0.1, 0.15) is 12.4 Å². The molecule has 0 aliphatic heterocycles. The molecule has 3 rings (SSSR count). The molecule has 0 atom stereocenters. The van der Waals surface area contributed by atoms with Crippen LogP contribution in [0.4, 0.5) is 5.69 Å². The summed E-state index contributed by atoms with van der Waals surface area (Å²) in [4.78, 5) is 12.5. The summed E-state index contributed by atoms with van der Waals surface area (Å²) in [5, 5.41) is 11.7. The van der Waals surface area contributed by atoms with Crippen molar-refractivity contribution in [3.63, 3.8) is 0 Å². The highest BCUT2D eigenvalue weighted by molar-refractivity contribution is 6.33. The highest BCUT2D eigenvalue weighted by atomic mass is 35.5. The second-order valence-corrected chi connectivity index (χ2v) is 6.47. The fourth-order valence-electron chi connectivity index (χ4n) is 2.67. The standard InChI is InChI=1S/C18H21ClN6O2/c1-11-8-15(23-24(11)2)18(26)22-12-4-5-16(27-7-6-20)13(9-12)17-14(19)10-21-25(17)3/h4-5,8-10H,6-7,20H2,1-3H3,(H,22,26). The molecule has 8 nitrogen and oxygen atoms in total. The lowest BCUT2D eigenvalue weighted by atomic mass is 10.1. The Labute approximate surface area is 161 Å². The predicted octanol–water partition coefficient (Wildman–Crippen LogP) is 2.37. The van der Waals surface area contributed by atoms with E-state index in [1.54, 1.807) is 53.9 Å². The number of anilines is 1. The van der Waals surface area contributed by atoms with E-state index in [1.807, 2.05) is 6.92 Å². The number of aryl methyl sites for hydroxylation is 3. The van der Waals surface area contributed by atoms with Gasteiger partial charge in [0.15, 0.2) is 5.69 Å². The summed E-state index contributed by atoms with van der Waals surface area (Å²) in [6.07, 6.45) is 1.56. The molecule has 0 aliphatic carbocycles. The molecule has 2 heterocycles. The van der Waals surface area contributed by atoms with Gasteiger partial charge in [-0.3, -0.25) is 14.2 Å². The summed E-state index contributed by atoms with van der Waals surface area (Å²) in [6.45, 7) is 2.63. The molecule has 1 aromatic carbocycles. The molecule has 142 valence electrons. The van der Waals surface area contributed by atoms with E-state index in [0.717, 1.165) is 5.69 Å². The minimum absolute atomic E-state index is 0.295. The van der Waals surface area contributed by atoms with E-state index < -0.39 is 0 Å². The molecule has 0 radical (unpaired) electrons. The van der Waals surface area contributed by atoms with Crippen LogP contribution in [0.5, 0.6) is 5.75 Å². The molecule has 0 saturated heterocycles. The average Bonchev–Trinajstić information content (AvgIpc) is 3.15. The van der Waals surface area contributed by atoms with Gasteiger partial charge in [-0.2, -0.15) is 10.2 Å². The molecular formula is C18H21ClN6O2. The van der Waals surface area contributed by atoms with Crippen LogP contribution >= 0.6 is 11.6 Å². The van der Waals surface area contributed by atoms with Crippen LogP contribution in [0, 0.1) is 6.92 Å². The van der Waals surface area contributed by atoms with Gasteiger partial charge in [-0.1, -0.05) is 11.6 Å². The Kier molecular flexibility index (Phi) is 5.48. The summed E-state index contributed by atoms with van der Waals surface area (Å²) in [6, 6.07) is 7.05. The van der Waals surface area contributed by atoms with Gasteiger partial charge in [0.05, 0.1) is 16.9 Å². The molecule has 0 fully saturated rings. The third-order valence-electron chi connectivity index (χ3n) is 4.11. The lowest BCUT2D eigenvalue weighted by Crippen LogP contribution is -2.14. The van der Waals surface area contributed by atoms with Crippen LogP contribution in [0.2, 0.25) is 5.02 Å². The maximum atomic E-state index is 12.5. The van der Waals surface area contributed by atoms with Crippen LogP contribution in [-0.2, 0) is 14.1 Å². The number of benzene rings is 1. The van der Waals surface area contributed by atoms with Crippen LogP contribution in [0.1, 0.15) is 16.2 Å². The molecule has 27 heavy (non-hydrogen) atoms. The molecule has 3 aromatic rings. The van der Waals surface area contributed by atoms with E-state index >= 15 is 0 Å². The fraction of sp³-hybridized carbons (Fsp3) is 0.278. The van der Waals surface area contributed by atoms with Crippen molar-refractivity contribution in [2.75, 3.05) is 18.5 Å². The van der Waals surface area contributed by atoms with E-state index in [2.05, 4.69) is 15.5 Å². The summed E-state index contributed by atoms with van der Waals surface area (Å²) in [7, 11) is 3.58. The second-order valence-electron chi connectivity index (χ2n) is 6.06. The van der Waals surface area contributed by atoms with Gasteiger partial charge >= 0.3 is 0 Å². The highest BCUT2D eigenvalue weighted by Gasteiger charge is 2.17. The number of nitrogens with one attached hydrogen (secondary N) is 1. The number of hydrogen-bond donors (Lipinski definition) is 2. The van der Waals surface area contributed by atoms with Crippen molar-refractivity contribution in [3.8, 4) is 17.0 Å². The molecule has 0 saturated carbocycles. The Bertz CT molecular complexity index is 939. The third-order valence-corrected chi connectivity index (χ3v) is 4.39. The van der Waals surface area contributed by atoms with Crippen molar-refractivity contribution in [2.24, 2.45) is 19.8 Å². The van der Waals surface area contributed by atoms with Gasteiger partial charge in [-0.05, 0) is 31.2 Å². The second kappa shape index (κ2) is 7.81. The number of nitrogens with two attached hydrogens (primary N) is 1. The molecule has 3 N–H and O–H groups in total. The van der Waals surface area contributed by atoms with Crippen LogP contribution in [-0.4, -0.2) is 38.6 Å². The number of carbonyl (C=O) groups excluding carboxylic acids is 1. The Morgan fingerprint density at radius 3 is 2.67 bits per heavy atom. The van der Waals surface area contributed by atoms with Crippen molar-refractivity contribution >= 4 is 23.2 Å². The summed E-state index contributed by atoms with van der Waals surface area (Å²) >= 11 is 6.30. The Morgan fingerprint density at radius 1 is 1.30 bits per heavy atom. The topological polar surface area (TPSA) is 100.0 Å². The van der Waals surface area contributed by atoms with Crippen molar-refractivity contribution < 1.29 is 9.53 Å². The Hall–Kier alpha value is -2.84. The zero-order valence-corrected chi connectivity index (χ0v) is 16.1. The maximum Gasteiger partial charge on any atom is 0.276 e. The number of halogens is 1. The summed E-state index contributed by atoms with van der Waals surface area (Å²) in [5.41, 5.74) is 8.78. The van der Waals surface area contributed by atoms with Gasteiger partial charge in [0.25, 0.3) is 5.91 Å². The van der Waals surface area contributed by atoms with Crippen LogP contribution in [0.25, 0.3) is 11.3 Å². The number of aromatic nitrogens is 4. The molecule has 0 aliphatic rings. The minimum Gasteiger partial charge on any atom is -0.492 e. The van der Waals surface area contributed by atoms with E-state index in [1.165, 1.54) is 0 Å². The predicted molar refractivity (Wildman–Crippen MR) is 104 cm³/mol. The van der Waals surface area contributed by atoms with Crippen molar-refractivity contribution in [3.05, 3.63) is 46.9 Å². The largest absolute Gasteiger partial charge is 0.492 e. The van der Waals surface area contributed by atoms with Crippen molar-refractivity contribution in [2.45, 2.75) is 6.92 Å². The number of hydrogen-bond acceptors (Lipinski definition) is 5. The first-order chi connectivity index (χ1) is 12.9. The first-order valence-corrected chi connectivity index (χ1v) is 8.75. The van der Waals surface area contributed by atoms with E-state index in [9.17, 15) is 4.79 Å². The minimum atomic E-state index is -0.295. The molecular weight excluding hydrogens is 368 g/mol. The highest BCUT2D eigenvalue weighted by Crippen LogP contribution is 2.36. The Balaban J connectivity index is 1.95. The number of amides is 1. The molecule has 0 bridgehead atoms. The Morgan fingerprint density at radius 2 is 2.07 bits per heavy atom. The van der Waals surface area contributed by atoms with Crippen LogP contribution in [0.15, 0.2) is 30.5 Å².